The standard InChI is InChI=1S/C13H20N4OS/c1-2-11-9-17(5-6-19-11)8-10-3-4-15-12(7-10)13(14)16-18/h3-4,7,11,18H,2,5-6,8-9H2,1H3,(H2,14,16). The first-order valence-corrected chi connectivity index (χ1v) is 7.54. The maximum Gasteiger partial charge on any atom is 0.188 e. The Hall–Kier alpha value is -1.27. The molecule has 1 aliphatic rings. The van der Waals surface area contributed by atoms with E-state index in [9.17, 15) is 0 Å². The summed E-state index contributed by atoms with van der Waals surface area (Å²) in [7, 11) is 0. The maximum absolute atomic E-state index is 8.68. The Labute approximate surface area is 117 Å². The van der Waals surface area contributed by atoms with Crippen molar-refractivity contribution in [3.63, 3.8) is 0 Å². The smallest absolute Gasteiger partial charge is 0.188 e. The zero-order valence-corrected chi connectivity index (χ0v) is 11.9. The van der Waals surface area contributed by atoms with Crippen LogP contribution < -0.4 is 5.73 Å². The first-order chi connectivity index (χ1) is 9.22. The summed E-state index contributed by atoms with van der Waals surface area (Å²) in [5, 5.41) is 12.4. The van der Waals surface area contributed by atoms with Crippen molar-refractivity contribution in [3.05, 3.63) is 29.6 Å². The molecule has 3 N–H and O–H groups in total. The summed E-state index contributed by atoms with van der Waals surface area (Å²) < 4.78 is 0. The van der Waals surface area contributed by atoms with Crippen LogP contribution in [0.1, 0.15) is 24.6 Å². The Morgan fingerprint density at radius 3 is 3.26 bits per heavy atom. The molecule has 0 radical (unpaired) electrons. The van der Waals surface area contributed by atoms with Crippen molar-refractivity contribution in [1.29, 1.82) is 0 Å². The molecule has 5 nitrogen and oxygen atoms in total. The number of hydrogen-bond acceptors (Lipinski definition) is 5. The molecule has 0 aliphatic carbocycles. The minimum Gasteiger partial charge on any atom is -0.409 e. The third kappa shape index (κ3) is 3.84. The second kappa shape index (κ2) is 6.77. The highest BCUT2D eigenvalue weighted by atomic mass is 32.2. The summed E-state index contributed by atoms with van der Waals surface area (Å²) in [6.45, 7) is 5.38. The van der Waals surface area contributed by atoms with Crippen molar-refractivity contribution in [2.75, 3.05) is 18.8 Å². The monoisotopic (exact) mass is 280 g/mol. The van der Waals surface area contributed by atoms with E-state index in [1.165, 1.54) is 12.2 Å². The Balaban J connectivity index is 2.02. The van der Waals surface area contributed by atoms with Gasteiger partial charge in [-0.15, -0.1) is 0 Å². The molecule has 2 heterocycles. The van der Waals surface area contributed by atoms with Gasteiger partial charge in [-0.2, -0.15) is 11.8 Å². The van der Waals surface area contributed by atoms with Gasteiger partial charge in [0.2, 0.25) is 0 Å². The van der Waals surface area contributed by atoms with E-state index in [2.05, 4.69) is 33.7 Å². The second-order valence-corrected chi connectivity index (χ2v) is 6.08. The largest absolute Gasteiger partial charge is 0.409 e. The molecule has 19 heavy (non-hydrogen) atoms. The van der Waals surface area contributed by atoms with Crippen LogP contribution in [0.5, 0.6) is 0 Å². The molecule has 6 heteroatoms. The Morgan fingerprint density at radius 1 is 1.68 bits per heavy atom. The van der Waals surface area contributed by atoms with Gasteiger partial charge in [0.05, 0.1) is 0 Å². The molecule has 0 amide bonds. The predicted octanol–water partition coefficient (Wildman–Crippen LogP) is 1.50. The van der Waals surface area contributed by atoms with Gasteiger partial charge in [-0.1, -0.05) is 12.1 Å². The zero-order valence-electron chi connectivity index (χ0n) is 11.1. The molecule has 1 unspecified atom stereocenters. The molecule has 1 fully saturated rings. The summed E-state index contributed by atoms with van der Waals surface area (Å²) in [6.07, 6.45) is 2.92. The van der Waals surface area contributed by atoms with E-state index in [4.69, 9.17) is 10.9 Å². The van der Waals surface area contributed by atoms with Crippen LogP contribution in [0, 0.1) is 0 Å². The lowest BCUT2D eigenvalue weighted by Gasteiger charge is -2.31. The normalized spacial score (nSPS) is 21.5. The fourth-order valence-corrected chi connectivity index (χ4v) is 3.44. The average molecular weight is 280 g/mol. The van der Waals surface area contributed by atoms with Crippen LogP contribution in [0.3, 0.4) is 0 Å². The van der Waals surface area contributed by atoms with E-state index in [1.54, 1.807) is 6.20 Å². The average Bonchev–Trinajstić information content (AvgIpc) is 2.47. The van der Waals surface area contributed by atoms with E-state index in [-0.39, 0.29) is 5.84 Å². The first-order valence-electron chi connectivity index (χ1n) is 6.49. The van der Waals surface area contributed by atoms with Gasteiger partial charge in [-0.05, 0) is 24.1 Å². The van der Waals surface area contributed by atoms with Gasteiger partial charge in [0, 0.05) is 36.8 Å². The lowest BCUT2D eigenvalue weighted by Crippen LogP contribution is -2.37. The number of nitrogens with zero attached hydrogens (tertiary/aromatic N) is 3. The highest BCUT2D eigenvalue weighted by molar-refractivity contribution is 8.00. The third-order valence-corrected chi connectivity index (χ3v) is 4.65. The lowest BCUT2D eigenvalue weighted by molar-refractivity contribution is 0.273. The van der Waals surface area contributed by atoms with Gasteiger partial charge in [-0.3, -0.25) is 9.88 Å². The fourth-order valence-electron chi connectivity index (χ4n) is 2.19. The van der Waals surface area contributed by atoms with Crippen LogP contribution in [0.4, 0.5) is 0 Å². The van der Waals surface area contributed by atoms with Gasteiger partial charge in [0.15, 0.2) is 5.84 Å². The molecule has 0 aromatic carbocycles. The topological polar surface area (TPSA) is 74.7 Å². The van der Waals surface area contributed by atoms with E-state index >= 15 is 0 Å². The molecule has 1 aromatic rings. The van der Waals surface area contributed by atoms with Gasteiger partial charge in [-0.25, -0.2) is 0 Å². The summed E-state index contributed by atoms with van der Waals surface area (Å²) in [5.41, 5.74) is 7.24. The fraction of sp³-hybridized carbons (Fsp3) is 0.538. The quantitative estimate of drug-likeness (QED) is 0.378. The number of amidine groups is 1. The molecule has 0 bridgehead atoms. The number of nitrogens with two attached hydrogens (primary N) is 1. The minimum absolute atomic E-state index is 0.0579. The molecule has 1 atom stereocenters. The predicted molar refractivity (Wildman–Crippen MR) is 78.6 cm³/mol. The van der Waals surface area contributed by atoms with Crippen molar-refractivity contribution in [3.8, 4) is 0 Å². The van der Waals surface area contributed by atoms with Gasteiger partial charge >= 0.3 is 0 Å². The Kier molecular flexibility index (Phi) is 5.04. The summed E-state index contributed by atoms with van der Waals surface area (Å²) in [4.78, 5) is 6.55. The minimum atomic E-state index is 0.0579. The SMILES string of the molecule is CCC1CN(Cc2ccnc(/C(N)=N/O)c2)CCS1. The number of pyridine rings is 1. The molecule has 104 valence electrons. The van der Waals surface area contributed by atoms with E-state index in [1.807, 2.05) is 12.1 Å². The van der Waals surface area contributed by atoms with Crippen LogP contribution in [0.15, 0.2) is 23.5 Å². The molecule has 1 saturated heterocycles. The molecule has 0 saturated carbocycles. The highest BCUT2D eigenvalue weighted by Crippen LogP contribution is 2.22. The van der Waals surface area contributed by atoms with Crippen molar-refractivity contribution in [2.24, 2.45) is 10.9 Å². The van der Waals surface area contributed by atoms with Crippen molar-refractivity contribution < 1.29 is 5.21 Å². The van der Waals surface area contributed by atoms with E-state index in [0.29, 0.717) is 5.69 Å². The molecular formula is C13H20N4OS. The molecule has 0 spiro atoms. The molecule has 2 rings (SSSR count). The van der Waals surface area contributed by atoms with E-state index in [0.717, 1.165) is 30.4 Å². The number of hydrogen-bond donors (Lipinski definition) is 2. The zero-order chi connectivity index (χ0) is 13.7. The van der Waals surface area contributed by atoms with Gasteiger partial charge in [0.1, 0.15) is 5.69 Å². The number of aromatic nitrogens is 1. The second-order valence-electron chi connectivity index (χ2n) is 4.67. The maximum atomic E-state index is 8.68. The summed E-state index contributed by atoms with van der Waals surface area (Å²) in [5.74, 6) is 1.25. The highest BCUT2D eigenvalue weighted by Gasteiger charge is 2.19. The van der Waals surface area contributed by atoms with Crippen LogP contribution in [0.2, 0.25) is 0 Å². The van der Waals surface area contributed by atoms with Crippen LogP contribution >= 0.6 is 11.8 Å². The van der Waals surface area contributed by atoms with E-state index < -0.39 is 0 Å². The molecule has 1 aromatic heterocycles. The van der Waals surface area contributed by atoms with Crippen LogP contribution in [0.25, 0.3) is 0 Å². The van der Waals surface area contributed by atoms with Crippen molar-refractivity contribution in [2.45, 2.75) is 25.1 Å². The number of rotatable bonds is 4. The lowest BCUT2D eigenvalue weighted by atomic mass is 10.2. The number of thioether (sulfide) groups is 1. The van der Waals surface area contributed by atoms with Crippen molar-refractivity contribution >= 4 is 17.6 Å². The van der Waals surface area contributed by atoms with Gasteiger partial charge in [0.25, 0.3) is 0 Å². The Morgan fingerprint density at radius 2 is 2.53 bits per heavy atom. The third-order valence-electron chi connectivity index (χ3n) is 3.28. The van der Waals surface area contributed by atoms with Crippen LogP contribution in [-0.4, -0.2) is 45.0 Å². The Bertz CT molecular complexity index is 452. The van der Waals surface area contributed by atoms with Gasteiger partial charge < -0.3 is 10.9 Å². The summed E-state index contributed by atoms with van der Waals surface area (Å²) >= 11 is 2.06. The first kappa shape index (κ1) is 14.1. The summed E-state index contributed by atoms with van der Waals surface area (Å²) in [6, 6.07) is 3.87. The van der Waals surface area contributed by atoms with Crippen molar-refractivity contribution in [1.82, 2.24) is 9.88 Å². The van der Waals surface area contributed by atoms with Crippen LogP contribution in [-0.2, 0) is 6.54 Å². The molecular weight excluding hydrogens is 260 g/mol. The molecule has 1 aliphatic heterocycles. The number of oxime groups is 1.